The van der Waals surface area contributed by atoms with E-state index in [-0.39, 0.29) is 41.6 Å². The summed E-state index contributed by atoms with van der Waals surface area (Å²) < 4.78 is 41.9. The van der Waals surface area contributed by atoms with Gasteiger partial charge in [-0.25, -0.2) is 4.98 Å². The van der Waals surface area contributed by atoms with Crippen molar-refractivity contribution in [2.75, 3.05) is 24.2 Å². The number of carbonyl (C=O) groups excluding carboxylic acids is 5. The number of piperidine rings is 1. The molecule has 1 atom stereocenters. The van der Waals surface area contributed by atoms with Crippen molar-refractivity contribution in [2.45, 2.75) is 120 Å². The molecule has 2 aliphatic heterocycles. The van der Waals surface area contributed by atoms with E-state index in [0.29, 0.717) is 39.6 Å². The lowest BCUT2D eigenvalue weighted by atomic mass is 9.57. The molecule has 1 unspecified atom stereocenters. The van der Waals surface area contributed by atoms with Gasteiger partial charge in [-0.05, 0) is 144 Å². The smallest absolute Gasteiger partial charge is 0.428 e. The first-order valence-corrected chi connectivity index (χ1v) is 25.2. The predicted octanol–water partition coefficient (Wildman–Crippen LogP) is 6.37. The summed E-state index contributed by atoms with van der Waals surface area (Å²) in [5.41, 5.74) is 0.938. The van der Waals surface area contributed by atoms with E-state index < -0.39 is 55.8 Å². The third-order valence-electron chi connectivity index (χ3n) is 14.4. The van der Waals surface area contributed by atoms with Crippen LogP contribution in [-0.4, -0.2) is 98.9 Å². The first-order chi connectivity index (χ1) is 30.4. The van der Waals surface area contributed by atoms with E-state index in [0.717, 1.165) is 93.2 Å². The summed E-state index contributed by atoms with van der Waals surface area (Å²) in [7, 11) is -0.779. The van der Waals surface area contributed by atoms with Gasteiger partial charge in [0.15, 0.2) is 0 Å². The van der Waals surface area contributed by atoms with Crippen molar-refractivity contribution >= 4 is 65.3 Å². The number of benzene rings is 2. The summed E-state index contributed by atoms with van der Waals surface area (Å²) in [6.07, 6.45) is 8.01. The highest BCUT2D eigenvalue weighted by Gasteiger charge is 2.49. The van der Waals surface area contributed by atoms with Gasteiger partial charge in [0.1, 0.15) is 17.4 Å². The number of hydrogen-bond acceptors (Lipinski definition) is 10. The molecule has 0 bridgehead atoms. The van der Waals surface area contributed by atoms with Crippen LogP contribution in [0.5, 0.6) is 0 Å². The number of anilines is 2. The summed E-state index contributed by atoms with van der Waals surface area (Å²) in [5.74, 6) is -2.26. The number of pyridine rings is 1. The normalized spacial score (nSPS) is 26.3. The number of imide groups is 2. The van der Waals surface area contributed by atoms with Crippen LogP contribution in [0.15, 0.2) is 54.7 Å². The fourth-order valence-electron chi connectivity index (χ4n) is 10.9. The largest absolute Gasteiger partial charge is 0.433 e. The van der Waals surface area contributed by atoms with Gasteiger partial charge in [0, 0.05) is 48.0 Å². The second-order valence-corrected chi connectivity index (χ2v) is 22.9. The molecule has 2 aromatic carbocycles. The molecule has 64 heavy (non-hydrogen) atoms. The molecule has 4 N–H and O–H groups in total. The number of amides is 5. The zero-order chi connectivity index (χ0) is 45.3. The number of rotatable bonds is 10. The van der Waals surface area contributed by atoms with Crippen LogP contribution in [0.3, 0.4) is 0 Å². The molecule has 2 aromatic heterocycles. The number of alkyl halides is 3. The minimum absolute atomic E-state index is 0.0759. The topological polar surface area (TPSA) is 179 Å². The molecule has 4 heterocycles. The van der Waals surface area contributed by atoms with Crippen molar-refractivity contribution in [2.24, 2.45) is 11.3 Å². The zero-order valence-electron chi connectivity index (χ0n) is 36.1. The number of nitrogens with zero attached hydrogens (tertiary/aromatic N) is 5. The maximum Gasteiger partial charge on any atom is 0.433 e. The van der Waals surface area contributed by atoms with E-state index in [1.54, 1.807) is 37.4 Å². The molecule has 338 valence electrons. The average Bonchev–Trinajstić information content (AvgIpc) is 3.77. The highest BCUT2D eigenvalue weighted by Crippen LogP contribution is 2.53. The van der Waals surface area contributed by atoms with Crippen LogP contribution in [0.1, 0.15) is 120 Å². The Kier molecular flexibility index (Phi) is 11.3. The first kappa shape index (κ1) is 43.8. The predicted molar refractivity (Wildman–Crippen MR) is 234 cm³/mol. The molecular weight excluding hydrogens is 846 g/mol. The van der Waals surface area contributed by atoms with Crippen molar-refractivity contribution in [1.29, 1.82) is 0 Å². The molecule has 1 spiro atoms. The van der Waals surface area contributed by atoms with Gasteiger partial charge in [0.2, 0.25) is 20.1 Å². The Hall–Kier alpha value is -5.46. The molecule has 5 amide bonds. The number of carbonyl (C=O) groups is 5. The molecule has 18 heteroatoms. The van der Waals surface area contributed by atoms with E-state index in [1.807, 2.05) is 16.9 Å². The Bertz CT molecular complexity index is 2530. The van der Waals surface area contributed by atoms with Crippen LogP contribution in [-0.2, 0) is 15.8 Å². The van der Waals surface area contributed by atoms with Crippen LogP contribution in [0, 0.1) is 11.3 Å². The maximum atomic E-state index is 13.6. The van der Waals surface area contributed by atoms with Crippen molar-refractivity contribution in [1.82, 2.24) is 29.9 Å². The van der Waals surface area contributed by atoms with Crippen LogP contribution < -0.4 is 21.1 Å². The first-order valence-electron chi connectivity index (χ1n) is 22.3. The second-order valence-electron chi connectivity index (χ2n) is 19.3. The molecule has 0 radical (unpaired) electrons. The molecule has 3 aliphatic carbocycles. The van der Waals surface area contributed by atoms with E-state index in [9.17, 15) is 41.9 Å². The van der Waals surface area contributed by atoms with E-state index >= 15 is 0 Å². The van der Waals surface area contributed by atoms with Crippen LogP contribution in [0.2, 0.25) is 13.1 Å². The summed E-state index contributed by atoms with van der Waals surface area (Å²) in [4.78, 5) is 82.5. The number of halogens is 3. The molecule has 5 aliphatic rings. The zero-order valence-corrected chi connectivity index (χ0v) is 37.1. The van der Waals surface area contributed by atoms with E-state index in [4.69, 9.17) is 5.10 Å². The van der Waals surface area contributed by atoms with Gasteiger partial charge in [-0.1, -0.05) is 12.1 Å². The highest BCUT2D eigenvalue weighted by atomic mass is 28.4. The fourth-order valence-corrected chi connectivity index (χ4v) is 12.2. The molecule has 4 fully saturated rings. The third-order valence-corrected chi connectivity index (χ3v) is 16.1. The van der Waals surface area contributed by atoms with Gasteiger partial charge >= 0.3 is 6.18 Å². The lowest BCUT2D eigenvalue weighted by Crippen LogP contribution is -2.54. The number of fused-ring (bicyclic) bond motifs is 2. The number of hydrogen-bond donors (Lipinski definition) is 4. The van der Waals surface area contributed by atoms with Crippen molar-refractivity contribution < 1.29 is 41.9 Å². The summed E-state index contributed by atoms with van der Waals surface area (Å²) in [5, 5.41) is 14.7. The average molecular weight is 899 g/mol. The molecule has 1 saturated heterocycles. The third kappa shape index (κ3) is 8.46. The summed E-state index contributed by atoms with van der Waals surface area (Å²) in [6.45, 7) is 4.45. The van der Waals surface area contributed by atoms with Gasteiger partial charge in [-0.15, -0.1) is 0 Å². The van der Waals surface area contributed by atoms with E-state index in [2.05, 4.69) is 32.9 Å². The Labute approximate surface area is 369 Å². The van der Waals surface area contributed by atoms with Gasteiger partial charge in [-0.3, -0.25) is 38.9 Å². The minimum Gasteiger partial charge on any atom is -0.428 e. The van der Waals surface area contributed by atoms with E-state index in [1.165, 1.54) is 6.07 Å². The fraction of sp³-hybridized carbons (Fsp3) is 0.500. The monoisotopic (exact) mass is 898 g/mol. The molecule has 4 aromatic rings. The lowest BCUT2D eigenvalue weighted by Gasteiger charge is -2.53. The Morgan fingerprint density at radius 3 is 2.36 bits per heavy atom. The van der Waals surface area contributed by atoms with Crippen LogP contribution in [0.25, 0.3) is 10.9 Å². The maximum absolute atomic E-state index is 13.6. The van der Waals surface area contributed by atoms with Crippen molar-refractivity contribution in [3.63, 3.8) is 0 Å². The van der Waals surface area contributed by atoms with Crippen LogP contribution in [0.4, 0.5) is 24.5 Å². The quantitative estimate of drug-likeness (QED) is 0.103. The minimum atomic E-state index is -4.69. The summed E-state index contributed by atoms with van der Waals surface area (Å²) in [6, 6.07) is 11.8. The van der Waals surface area contributed by atoms with Gasteiger partial charge < -0.3 is 20.3 Å². The number of aromatic nitrogens is 3. The Morgan fingerprint density at radius 1 is 0.953 bits per heavy atom. The molecular formula is C46H53F3N8O6Si. The van der Waals surface area contributed by atoms with Gasteiger partial charge in [0.05, 0.1) is 22.7 Å². The Morgan fingerprint density at radius 2 is 1.67 bits per heavy atom. The van der Waals surface area contributed by atoms with Gasteiger partial charge in [0.25, 0.3) is 17.7 Å². The van der Waals surface area contributed by atoms with Crippen molar-refractivity contribution in [3.05, 3.63) is 77.2 Å². The molecule has 3 saturated carbocycles. The van der Waals surface area contributed by atoms with Crippen LogP contribution >= 0.6 is 0 Å². The molecule has 14 nitrogen and oxygen atoms in total. The molecule has 9 rings (SSSR count). The summed E-state index contributed by atoms with van der Waals surface area (Å²) >= 11 is 0. The lowest BCUT2D eigenvalue weighted by molar-refractivity contribution is -0.141. The second kappa shape index (κ2) is 16.5. The van der Waals surface area contributed by atoms with Gasteiger partial charge in [-0.2, -0.15) is 18.3 Å². The van der Waals surface area contributed by atoms with Crippen molar-refractivity contribution in [3.8, 4) is 0 Å². The standard InChI is InChI=1S/C46H53F3N8O6Si/c1-55(29-16-18-45(19-17-29)22-28(23-45)50-32-7-4-6-31-40(32)44(62)57(43(31)61)36-14-15-39(58)53-42(36)60)24-26-10-12-30(13-11-26)56-25-27-20-35(37(64(2,3)63)21-34(27)54-56)52-41(59)33-8-5-9-38(51-33)46(47,48)49/h4-9,20-21,25-26,28-30,36,50,63H,10-19,22-24H2,1-3H3,(H,52,59)(H,53,58,60). The number of nitrogens with one attached hydrogen (secondary N) is 3. The SMILES string of the molecule is CN(CC1CCC(n2cc3cc(NC(=O)c4cccc(C(F)(F)F)n4)c([Si](C)(C)O)cc3n2)CC1)C1CCC2(CC1)CC(Nc1cccc3c1C(=O)N(C1CCC(=O)NC1=O)C3=O)C2. The Balaban J connectivity index is 0.759. The highest BCUT2D eigenvalue weighted by molar-refractivity contribution is 6.84.